The fourth-order valence-electron chi connectivity index (χ4n) is 3.04. The van der Waals surface area contributed by atoms with Crippen molar-refractivity contribution in [3.05, 3.63) is 42.2 Å². The maximum absolute atomic E-state index is 14.3. The predicted octanol–water partition coefficient (Wildman–Crippen LogP) is 1.23. The smallest absolute Gasteiger partial charge is 0.407 e. The van der Waals surface area contributed by atoms with Gasteiger partial charge in [0.05, 0.1) is 18.4 Å². The minimum Gasteiger partial charge on any atom is -0.484 e. The first kappa shape index (κ1) is 18.7. The van der Waals surface area contributed by atoms with Gasteiger partial charge in [0, 0.05) is 12.6 Å². The number of hydrogen-bond donors (Lipinski definition) is 1. The summed E-state index contributed by atoms with van der Waals surface area (Å²) in [5.41, 5.74) is 0.828. The average molecular weight is 406 g/mol. The van der Waals surface area contributed by atoms with Crippen LogP contribution in [0.1, 0.15) is 18.2 Å². The van der Waals surface area contributed by atoms with E-state index in [-0.39, 0.29) is 31.9 Å². The zero-order chi connectivity index (χ0) is 20.4. The molecular weight excluding hydrogens is 390 g/mol. The second-order valence-corrected chi connectivity index (χ2v) is 6.41. The Hall–Kier alpha value is -3.64. The van der Waals surface area contributed by atoms with Gasteiger partial charge in [-0.15, -0.1) is 5.10 Å². The number of amides is 1. The number of ether oxygens (including phenoxy) is 1. The number of rotatable bonds is 5. The summed E-state index contributed by atoms with van der Waals surface area (Å²) < 4.78 is 35.3. The van der Waals surface area contributed by atoms with Crippen LogP contribution in [0.25, 0.3) is 5.69 Å². The number of hydrogen-bond acceptors (Lipinski definition) is 7. The van der Waals surface area contributed by atoms with Crippen molar-refractivity contribution in [2.45, 2.75) is 25.2 Å². The predicted molar refractivity (Wildman–Crippen MR) is 91.6 cm³/mol. The zero-order valence-electron chi connectivity index (χ0n) is 15.0. The van der Waals surface area contributed by atoms with Crippen molar-refractivity contribution in [1.29, 1.82) is 0 Å². The number of nitrogens with zero attached hydrogens (tertiary/aromatic N) is 8. The standard InChI is InChI=1S/C16H16F2N8O3/c17-12-5-11(25-9-19-22-23-25)1-2-15(12)29-8-10-6-20-26(21-10)14-3-4-24(16(27)28)7-13(14)18/h1-2,5-6,9,13-14H,3-4,7-8H2,(H,27,28). The Balaban J connectivity index is 1.38. The van der Waals surface area contributed by atoms with Crippen LogP contribution in [0.2, 0.25) is 0 Å². The molecule has 1 saturated heterocycles. The Morgan fingerprint density at radius 3 is 2.93 bits per heavy atom. The third-order valence-electron chi connectivity index (χ3n) is 4.53. The highest BCUT2D eigenvalue weighted by Gasteiger charge is 2.34. The molecule has 0 saturated carbocycles. The molecule has 1 aromatic carbocycles. The van der Waals surface area contributed by atoms with Crippen molar-refractivity contribution in [2.24, 2.45) is 0 Å². The molecule has 1 aliphatic rings. The first-order chi connectivity index (χ1) is 14.0. The summed E-state index contributed by atoms with van der Waals surface area (Å²) in [4.78, 5) is 13.2. The van der Waals surface area contributed by atoms with Crippen molar-refractivity contribution in [3.8, 4) is 11.4 Å². The highest BCUT2D eigenvalue weighted by Crippen LogP contribution is 2.25. The highest BCUT2D eigenvalue weighted by molar-refractivity contribution is 5.65. The second kappa shape index (κ2) is 7.77. The van der Waals surface area contributed by atoms with Gasteiger partial charge in [-0.3, -0.25) is 0 Å². The number of benzene rings is 1. The van der Waals surface area contributed by atoms with Gasteiger partial charge in [-0.25, -0.2) is 18.3 Å². The monoisotopic (exact) mass is 406 g/mol. The van der Waals surface area contributed by atoms with Gasteiger partial charge >= 0.3 is 6.09 Å². The molecule has 13 heteroatoms. The van der Waals surface area contributed by atoms with Crippen LogP contribution in [0.5, 0.6) is 5.75 Å². The number of carboxylic acid groups (broad SMARTS) is 1. The topological polar surface area (TPSA) is 124 Å². The van der Waals surface area contributed by atoms with E-state index in [9.17, 15) is 13.6 Å². The molecule has 1 N–H and O–H groups in total. The molecule has 3 heterocycles. The van der Waals surface area contributed by atoms with Gasteiger partial charge in [0.25, 0.3) is 0 Å². The lowest BCUT2D eigenvalue weighted by atomic mass is 10.0. The largest absolute Gasteiger partial charge is 0.484 e. The molecule has 0 aliphatic carbocycles. The lowest BCUT2D eigenvalue weighted by molar-refractivity contribution is 0.0702. The summed E-state index contributed by atoms with van der Waals surface area (Å²) in [5, 5.41) is 27.8. The number of piperidine rings is 1. The molecule has 2 atom stereocenters. The summed E-state index contributed by atoms with van der Waals surface area (Å²) in [5.74, 6) is -0.593. The summed E-state index contributed by atoms with van der Waals surface area (Å²) in [6, 6.07) is 3.60. The molecule has 1 aliphatic heterocycles. The molecule has 0 bridgehead atoms. The zero-order valence-corrected chi connectivity index (χ0v) is 15.0. The van der Waals surface area contributed by atoms with E-state index in [1.807, 2.05) is 0 Å². The van der Waals surface area contributed by atoms with Gasteiger partial charge in [-0.05, 0) is 29.0 Å². The molecule has 2 unspecified atom stereocenters. The molecule has 3 aromatic rings. The molecular formula is C16H16F2N8O3. The van der Waals surface area contributed by atoms with Crippen molar-refractivity contribution in [3.63, 3.8) is 0 Å². The highest BCUT2D eigenvalue weighted by atomic mass is 19.1. The Morgan fingerprint density at radius 2 is 2.24 bits per heavy atom. The summed E-state index contributed by atoms with van der Waals surface area (Å²) in [6.07, 6.45) is 0.436. The Kier molecular flexibility index (Phi) is 5.01. The first-order valence-electron chi connectivity index (χ1n) is 8.69. The maximum atomic E-state index is 14.3. The molecule has 0 radical (unpaired) electrons. The SMILES string of the molecule is O=C(O)N1CCC(n2ncc(COc3ccc(-n4cnnn4)cc3F)n2)C(F)C1. The van der Waals surface area contributed by atoms with E-state index in [2.05, 4.69) is 25.7 Å². The van der Waals surface area contributed by atoms with Crippen LogP contribution in [0.3, 0.4) is 0 Å². The van der Waals surface area contributed by atoms with Crippen LogP contribution >= 0.6 is 0 Å². The molecule has 0 spiro atoms. The van der Waals surface area contributed by atoms with Crippen LogP contribution < -0.4 is 4.74 Å². The van der Waals surface area contributed by atoms with E-state index in [0.29, 0.717) is 11.4 Å². The van der Waals surface area contributed by atoms with E-state index in [1.54, 1.807) is 6.07 Å². The number of halogens is 2. The molecule has 1 fully saturated rings. The van der Waals surface area contributed by atoms with Crippen molar-refractivity contribution in [1.82, 2.24) is 40.1 Å². The van der Waals surface area contributed by atoms with E-state index in [0.717, 1.165) is 4.90 Å². The van der Waals surface area contributed by atoms with Crippen LogP contribution in [-0.4, -0.2) is 70.6 Å². The number of tetrazole rings is 1. The van der Waals surface area contributed by atoms with Crippen LogP contribution in [-0.2, 0) is 6.61 Å². The molecule has 29 heavy (non-hydrogen) atoms. The van der Waals surface area contributed by atoms with Gasteiger partial charge in [0.1, 0.15) is 30.8 Å². The number of alkyl halides is 1. The second-order valence-electron chi connectivity index (χ2n) is 6.41. The molecule has 11 nitrogen and oxygen atoms in total. The van der Waals surface area contributed by atoms with Gasteiger partial charge in [-0.1, -0.05) is 0 Å². The third kappa shape index (κ3) is 3.97. The fourth-order valence-corrected chi connectivity index (χ4v) is 3.04. The summed E-state index contributed by atoms with van der Waals surface area (Å²) in [7, 11) is 0. The fraction of sp³-hybridized carbons (Fsp3) is 0.375. The van der Waals surface area contributed by atoms with Crippen LogP contribution in [0.4, 0.5) is 13.6 Å². The Morgan fingerprint density at radius 1 is 1.38 bits per heavy atom. The van der Waals surface area contributed by atoms with Gasteiger partial charge < -0.3 is 14.7 Å². The van der Waals surface area contributed by atoms with Crippen molar-refractivity contribution >= 4 is 6.09 Å². The normalized spacial score (nSPS) is 19.3. The molecule has 2 aromatic heterocycles. The van der Waals surface area contributed by atoms with Gasteiger partial charge in [0.2, 0.25) is 0 Å². The van der Waals surface area contributed by atoms with Crippen molar-refractivity contribution < 1.29 is 23.4 Å². The Labute approximate surface area is 162 Å². The van der Waals surface area contributed by atoms with Crippen molar-refractivity contribution in [2.75, 3.05) is 13.1 Å². The van der Waals surface area contributed by atoms with E-state index >= 15 is 0 Å². The number of carbonyl (C=O) groups is 1. The lowest BCUT2D eigenvalue weighted by Gasteiger charge is -2.32. The molecule has 152 valence electrons. The van der Waals surface area contributed by atoms with E-state index in [4.69, 9.17) is 9.84 Å². The van der Waals surface area contributed by atoms with E-state index in [1.165, 1.54) is 34.1 Å². The minimum absolute atomic E-state index is 0.00880. The van der Waals surface area contributed by atoms with Gasteiger partial charge in [0.15, 0.2) is 11.6 Å². The maximum Gasteiger partial charge on any atom is 0.407 e. The molecule has 4 rings (SSSR count). The quantitative estimate of drug-likeness (QED) is 0.671. The number of aromatic nitrogens is 7. The lowest BCUT2D eigenvalue weighted by Crippen LogP contribution is -2.45. The molecule has 1 amide bonds. The van der Waals surface area contributed by atoms with Gasteiger partial charge in [-0.2, -0.15) is 15.0 Å². The number of likely N-dealkylation sites (tertiary alicyclic amines) is 1. The third-order valence-corrected chi connectivity index (χ3v) is 4.53. The summed E-state index contributed by atoms with van der Waals surface area (Å²) in [6.45, 7) is -0.0923. The van der Waals surface area contributed by atoms with Crippen LogP contribution in [0, 0.1) is 5.82 Å². The summed E-state index contributed by atoms with van der Waals surface area (Å²) >= 11 is 0. The minimum atomic E-state index is -1.42. The van der Waals surface area contributed by atoms with Crippen LogP contribution in [0.15, 0.2) is 30.7 Å². The Bertz CT molecular complexity index is 996. The first-order valence-corrected chi connectivity index (χ1v) is 8.69. The average Bonchev–Trinajstić information content (AvgIpc) is 3.39. The van der Waals surface area contributed by atoms with E-state index < -0.39 is 24.1 Å².